The van der Waals surface area contributed by atoms with Crippen molar-refractivity contribution in [3.63, 3.8) is 0 Å². The van der Waals surface area contributed by atoms with E-state index < -0.39 is 29.6 Å². The van der Waals surface area contributed by atoms with Crippen LogP contribution in [0.15, 0.2) is 60.4 Å². The van der Waals surface area contributed by atoms with Crippen LogP contribution in [0.4, 0.5) is 5.82 Å². The number of carbonyl (C=O) groups is 5. The molecular weight excluding hydrogens is 974 g/mol. The van der Waals surface area contributed by atoms with Crippen LogP contribution in [0, 0.1) is 18.3 Å². The summed E-state index contributed by atoms with van der Waals surface area (Å²) in [7, 11) is 0. The van der Waals surface area contributed by atoms with Crippen LogP contribution in [0.3, 0.4) is 0 Å². The third kappa shape index (κ3) is 15.1. The van der Waals surface area contributed by atoms with E-state index in [1.54, 1.807) is 11.3 Å². The standard InChI is InChI=1S/C58H78ClN7O7S/c1-38-31-50(70)52-51(38)54(62-36-61-52)64-27-29-65(30-28-64)56(72)47(41-23-25-43(59)26-24-41)18-14-13-16-44(67)15-11-9-7-6-8-10-12-17-45(68)32-48(58(3,4)5)57(73)66-35-46(69)33-49(66)55(71)60-34-40-19-21-42(22-20-40)53-39(2)63-37-74-53/h19-26,36-38,46-50,69-70H,6-18,27-35H2,1-5H3,(H,60,71)/t38-,46-,47-,48-,49+,50-/m1/s1. The largest absolute Gasteiger partial charge is 0.391 e. The number of piperazine rings is 1. The highest BCUT2D eigenvalue weighted by molar-refractivity contribution is 7.13. The highest BCUT2D eigenvalue weighted by Gasteiger charge is 2.44. The number of unbranched alkanes of at least 4 members (excludes halogenated alkanes) is 7. The lowest BCUT2D eigenvalue weighted by atomic mass is 9.76. The number of halogens is 1. The molecule has 2 aliphatic heterocycles. The molecule has 2 fully saturated rings. The maximum Gasteiger partial charge on any atom is 0.243 e. The maximum atomic E-state index is 14.1. The van der Waals surface area contributed by atoms with Gasteiger partial charge in [-0.05, 0) is 79.2 Å². The quantitative estimate of drug-likeness (QED) is 0.0537. The summed E-state index contributed by atoms with van der Waals surface area (Å²) in [5.41, 5.74) is 6.94. The van der Waals surface area contributed by atoms with E-state index in [9.17, 15) is 34.2 Å². The Kier molecular flexibility index (Phi) is 20.4. The fourth-order valence-corrected chi connectivity index (χ4v) is 12.0. The number of aromatic nitrogens is 3. The molecule has 2 aromatic heterocycles. The van der Waals surface area contributed by atoms with Crippen LogP contribution < -0.4 is 10.2 Å². The first-order valence-electron chi connectivity index (χ1n) is 27.1. The van der Waals surface area contributed by atoms with E-state index in [4.69, 9.17) is 11.6 Å². The average Bonchev–Trinajstić information content (AvgIpc) is 4.09. The van der Waals surface area contributed by atoms with Gasteiger partial charge < -0.3 is 30.2 Å². The molecule has 2 saturated heterocycles. The van der Waals surface area contributed by atoms with Crippen LogP contribution in [0.25, 0.3) is 10.4 Å². The number of nitrogens with one attached hydrogen (secondary N) is 1. The molecule has 2 aromatic carbocycles. The molecule has 0 radical (unpaired) electrons. The number of fused-ring (bicyclic) bond motifs is 1. The zero-order chi connectivity index (χ0) is 52.9. The summed E-state index contributed by atoms with van der Waals surface area (Å²) in [4.78, 5) is 88.0. The van der Waals surface area contributed by atoms with E-state index in [0.29, 0.717) is 69.9 Å². The van der Waals surface area contributed by atoms with Gasteiger partial charge in [-0.1, -0.05) is 114 Å². The first-order chi connectivity index (χ1) is 35.5. The van der Waals surface area contributed by atoms with Crippen LogP contribution in [-0.2, 0) is 30.5 Å². The van der Waals surface area contributed by atoms with Crippen LogP contribution in [0.5, 0.6) is 0 Å². The molecule has 1 aliphatic carbocycles. The summed E-state index contributed by atoms with van der Waals surface area (Å²) in [6, 6.07) is 14.7. The summed E-state index contributed by atoms with van der Waals surface area (Å²) < 4.78 is 0. The Bertz CT molecular complexity index is 2520. The summed E-state index contributed by atoms with van der Waals surface area (Å²) in [5, 5.41) is 24.7. The van der Waals surface area contributed by atoms with E-state index in [2.05, 4.69) is 32.1 Å². The van der Waals surface area contributed by atoms with Gasteiger partial charge in [0.05, 0.1) is 39.9 Å². The molecule has 7 rings (SSSR count). The number of likely N-dealkylation sites (tertiary alicyclic amines) is 1. The predicted molar refractivity (Wildman–Crippen MR) is 291 cm³/mol. The van der Waals surface area contributed by atoms with Gasteiger partial charge in [0.2, 0.25) is 17.7 Å². The van der Waals surface area contributed by atoms with Crippen molar-refractivity contribution in [2.45, 2.75) is 174 Å². The minimum Gasteiger partial charge on any atom is -0.391 e. The summed E-state index contributed by atoms with van der Waals surface area (Å²) in [6.07, 6.45) is 11.2. The highest BCUT2D eigenvalue weighted by atomic mass is 35.5. The number of rotatable bonds is 25. The van der Waals surface area contributed by atoms with Gasteiger partial charge in [0.1, 0.15) is 29.8 Å². The molecule has 0 bridgehead atoms. The van der Waals surface area contributed by atoms with E-state index in [1.807, 2.05) is 86.6 Å². The zero-order valence-corrected chi connectivity index (χ0v) is 45.8. The minimum absolute atomic E-state index is 0.0377. The number of carbonyl (C=O) groups excluding carboxylic acids is 5. The topological polar surface area (TPSA) is 186 Å². The number of amides is 3. The highest BCUT2D eigenvalue weighted by Crippen LogP contribution is 2.43. The SMILES string of the molecule is Cc1ncsc1-c1ccc(CNC(=O)[C@@H]2C[C@@H](O)CN2C(=O)[C@@H](CC(=O)CCCCCCCCCC(=O)CCCC[C@@H](C(=O)N2CCN(c3ncnc4c3[C@H](C)C[C@H]4O)CC2)c2ccc(Cl)cc2)C(C)(C)C)cc1. The second-order valence-corrected chi connectivity index (χ2v) is 23.4. The molecule has 74 heavy (non-hydrogen) atoms. The normalized spacial score (nSPS) is 19.6. The van der Waals surface area contributed by atoms with Crippen LogP contribution in [-0.4, -0.2) is 109 Å². The van der Waals surface area contributed by atoms with E-state index in [0.717, 1.165) is 102 Å². The van der Waals surface area contributed by atoms with Crippen molar-refractivity contribution in [3.8, 4) is 10.4 Å². The number of aryl methyl sites for hydroxylation is 1. The van der Waals surface area contributed by atoms with Gasteiger partial charge in [0.25, 0.3) is 0 Å². The van der Waals surface area contributed by atoms with Crippen molar-refractivity contribution < 1.29 is 34.2 Å². The van der Waals surface area contributed by atoms with Crippen molar-refractivity contribution in [3.05, 3.63) is 93.5 Å². The number of hydrogen-bond donors (Lipinski definition) is 3. The molecule has 6 atom stereocenters. The zero-order valence-electron chi connectivity index (χ0n) is 44.2. The Labute approximate surface area is 447 Å². The van der Waals surface area contributed by atoms with Gasteiger partial charge in [-0.2, -0.15) is 0 Å². The van der Waals surface area contributed by atoms with Gasteiger partial charge in [0, 0.05) is 87.9 Å². The Morgan fingerprint density at radius 1 is 0.784 bits per heavy atom. The fraction of sp³-hybridized carbons (Fsp3) is 0.586. The number of aliphatic hydroxyl groups is 2. The van der Waals surface area contributed by atoms with E-state index >= 15 is 0 Å². The second kappa shape index (κ2) is 26.6. The first-order valence-corrected chi connectivity index (χ1v) is 28.3. The average molecular weight is 1050 g/mol. The van der Waals surface area contributed by atoms with Crippen LogP contribution in [0.1, 0.15) is 176 Å². The number of ketones is 2. The lowest BCUT2D eigenvalue weighted by molar-refractivity contribution is -0.146. The van der Waals surface area contributed by atoms with Gasteiger partial charge >= 0.3 is 0 Å². The number of Topliss-reactive ketones (excluding diaryl/α,β-unsaturated/α-hetero) is 2. The van der Waals surface area contributed by atoms with Crippen LogP contribution >= 0.6 is 22.9 Å². The number of benzene rings is 2. The van der Waals surface area contributed by atoms with Gasteiger partial charge in [-0.3, -0.25) is 24.0 Å². The van der Waals surface area contributed by atoms with E-state index in [-0.39, 0.29) is 60.5 Å². The Morgan fingerprint density at radius 2 is 1.42 bits per heavy atom. The molecule has 3 aliphatic rings. The lowest BCUT2D eigenvalue weighted by Gasteiger charge is -2.38. The van der Waals surface area contributed by atoms with Crippen LogP contribution in [0.2, 0.25) is 5.02 Å². The number of β-amino-alcohol motifs (C(OH)–C–C–N with tert-alkyl or cyclic N) is 1. The number of nitrogens with zero attached hydrogens (tertiary/aromatic N) is 6. The van der Waals surface area contributed by atoms with Crippen molar-refractivity contribution in [2.24, 2.45) is 11.3 Å². The van der Waals surface area contributed by atoms with Gasteiger partial charge in [-0.25, -0.2) is 15.0 Å². The third-order valence-corrected chi connectivity index (χ3v) is 16.6. The number of anilines is 1. The van der Waals surface area contributed by atoms with Gasteiger partial charge in [-0.15, -0.1) is 11.3 Å². The smallest absolute Gasteiger partial charge is 0.243 e. The van der Waals surface area contributed by atoms with Crippen molar-refractivity contribution in [1.82, 2.24) is 30.1 Å². The minimum atomic E-state index is -0.816. The fourth-order valence-electron chi connectivity index (χ4n) is 11.0. The number of aliphatic hydroxyl groups excluding tert-OH is 2. The molecule has 0 unspecified atom stereocenters. The van der Waals surface area contributed by atoms with Gasteiger partial charge in [0.15, 0.2) is 0 Å². The molecule has 4 aromatic rings. The van der Waals surface area contributed by atoms with Crippen molar-refractivity contribution in [1.29, 1.82) is 0 Å². The summed E-state index contributed by atoms with van der Waals surface area (Å²) in [5.74, 6) is -0.0771. The second-order valence-electron chi connectivity index (χ2n) is 22.1. The molecule has 3 N–H and O–H groups in total. The molecule has 14 nitrogen and oxygen atoms in total. The molecule has 16 heteroatoms. The van der Waals surface area contributed by atoms with Crippen molar-refractivity contribution in [2.75, 3.05) is 37.6 Å². The first kappa shape index (κ1) is 56.6. The molecular formula is C58H78ClN7O7S. The third-order valence-electron chi connectivity index (χ3n) is 15.4. The molecule has 4 heterocycles. The number of hydrogen-bond acceptors (Lipinski definition) is 12. The molecule has 3 amide bonds. The Hall–Kier alpha value is -5.09. The lowest BCUT2D eigenvalue weighted by Crippen LogP contribution is -2.50. The summed E-state index contributed by atoms with van der Waals surface area (Å²) >= 11 is 7.82. The molecule has 0 spiro atoms. The monoisotopic (exact) mass is 1050 g/mol. The maximum absolute atomic E-state index is 14.1. The number of thiazole rings is 1. The molecule has 0 saturated carbocycles. The Balaban J connectivity index is 0.759. The summed E-state index contributed by atoms with van der Waals surface area (Å²) in [6.45, 7) is 12.7. The Morgan fingerprint density at radius 3 is 2.05 bits per heavy atom. The molecule has 400 valence electrons. The predicted octanol–water partition coefficient (Wildman–Crippen LogP) is 10.1. The van der Waals surface area contributed by atoms with E-state index in [1.165, 1.54) is 11.2 Å². The van der Waals surface area contributed by atoms with Crippen molar-refractivity contribution >= 4 is 58.0 Å².